The van der Waals surface area contributed by atoms with Crippen LogP contribution in [0, 0.1) is 6.92 Å². The van der Waals surface area contributed by atoms with Gasteiger partial charge in [-0.1, -0.05) is 0 Å². The van der Waals surface area contributed by atoms with Gasteiger partial charge in [0.2, 0.25) is 0 Å². The molecule has 0 saturated carbocycles. The van der Waals surface area contributed by atoms with E-state index in [1.807, 2.05) is 50.2 Å². The highest BCUT2D eigenvalue weighted by Crippen LogP contribution is 2.22. The number of nitrogens with zero attached hydrogens (tertiary/aromatic N) is 1. The highest BCUT2D eigenvalue weighted by molar-refractivity contribution is 5.62. The second-order valence-electron chi connectivity index (χ2n) is 3.83. The predicted molar refractivity (Wildman–Crippen MR) is 70.0 cm³/mol. The normalized spacial score (nSPS) is 10.2. The zero-order chi connectivity index (χ0) is 12.3. The van der Waals surface area contributed by atoms with Crippen LogP contribution in [0.1, 0.15) is 12.6 Å². The first-order valence-corrected chi connectivity index (χ1v) is 5.67. The Morgan fingerprint density at radius 2 is 1.82 bits per heavy atom. The van der Waals surface area contributed by atoms with Gasteiger partial charge in [-0.15, -0.1) is 0 Å². The number of aryl methyl sites for hydroxylation is 1. The fourth-order valence-electron chi connectivity index (χ4n) is 1.62. The van der Waals surface area contributed by atoms with Gasteiger partial charge in [-0.25, -0.2) is 0 Å². The third-order valence-electron chi connectivity index (χ3n) is 2.59. The molecule has 0 radical (unpaired) electrons. The molecule has 0 atom stereocenters. The lowest BCUT2D eigenvalue weighted by atomic mass is 10.1. The fraction of sp³-hybridized carbons (Fsp3) is 0.214. The summed E-state index contributed by atoms with van der Waals surface area (Å²) in [5.41, 5.74) is 9.32. The van der Waals surface area contributed by atoms with Gasteiger partial charge in [0.15, 0.2) is 0 Å². The molecule has 0 aliphatic heterocycles. The maximum absolute atomic E-state index is 5.75. The molecule has 0 fully saturated rings. The van der Waals surface area contributed by atoms with Crippen LogP contribution >= 0.6 is 0 Å². The van der Waals surface area contributed by atoms with Gasteiger partial charge < -0.3 is 10.5 Å². The minimum absolute atomic E-state index is 0.679. The van der Waals surface area contributed by atoms with Crippen molar-refractivity contribution in [2.24, 2.45) is 0 Å². The molecule has 0 aliphatic carbocycles. The average molecular weight is 228 g/mol. The summed E-state index contributed by atoms with van der Waals surface area (Å²) >= 11 is 0. The minimum atomic E-state index is 0.679. The third kappa shape index (κ3) is 2.56. The Bertz CT molecular complexity index is 506. The van der Waals surface area contributed by atoms with Gasteiger partial charge in [-0.2, -0.15) is 0 Å². The van der Waals surface area contributed by atoms with Gasteiger partial charge in [0.1, 0.15) is 5.75 Å². The van der Waals surface area contributed by atoms with Gasteiger partial charge >= 0.3 is 0 Å². The van der Waals surface area contributed by atoms with Crippen LogP contribution in [-0.2, 0) is 0 Å². The molecule has 0 spiro atoms. The minimum Gasteiger partial charge on any atom is -0.494 e. The molecule has 0 unspecified atom stereocenters. The lowest BCUT2D eigenvalue weighted by Gasteiger charge is -2.06. The maximum atomic E-state index is 5.75. The first-order valence-electron chi connectivity index (χ1n) is 5.67. The second-order valence-corrected chi connectivity index (χ2v) is 3.83. The van der Waals surface area contributed by atoms with Crippen LogP contribution in [0.5, 0.6) is 5.75 Å². The standard InChI is InChI=1S/C14H16N2O/c1-3-17-12-6-4-11(5-7-12)14-9-8-13(15)10(2)16-14/h4-9H,3,15H2,1-2H3. The maximum Gasteiger partial charge on any atom is 0.119 e. The zero-order valence-electron chi connectivity index (χ0n) is 10.1. The summed E-state index contributed by atoms with van der Waals surface area (Å²) in [5, 5.41) is 0. The zero-order valence-corrected chi connectivity index (χ0v) is 10.1. The molecule has 88 valence electrons. The number of nitrogen functional groups attached to an aromatic ring is 1. The molecule has 2 aromatic rings. The molecule has 2 rings (SSSR count). The molecule has 0 bridgehead atoms. The summed E-state index contributed by atoms with van der Waals surface area (Å²) in [6, 6.07) is 11.7. The van der Waals surface area contributed by atoms with E-state index in [9.17, 15) is 0 Å². The fourth-order valence-corrected chi connectivity index (χ4v) is 1.62. The third-order valence-corrected chi connectivity index (χ3v) is 2.59. The molecule has 3 nitrogen and oxygen atoms in total. The molecule has 17 heavy (non-hydrogen) atoms. The van der Waals surface area contributed by atoms with Crippen molar-refractivity contribution in [2.75, 3.05) is 12.3 Å². The smallest absolute Gasteiger partial charge is 0.119 e. The van der Waals surface area contributed by atoms with Crippen molar-refractivity contribution in [1.82, 2.24) is 4.98 Å². The number of rotatable bonds is 3. The van der Waals surface area contributed by atoms with E-state index in [-0.39, 0.29) is 0 Å². The molecule has 0 aliphatic rings. The summed E-state index contributed by atoms with van der Waals surface area (Å²) < 4.78 is 5.40. The van der Waals surface area contributed by atoms with Gasteiger partial charge in [-0.05, 0) is 50.2 Å². The number of nitrogens with two attached hydrogens (primary N) is 1. The van der Waals surface area contributed by atoms with E-state index in [0.29, 0.717) is 6.61 Å². The van der Waals surface area contributed by atoms with Crippen molar-refractivity contribution < 1.29 is 4.74 Å². The number of anilines is 1. The summed E-state index contributed by atoms with van der Waals surface area (Å²) in [6.07, 6.45) is 0. The topological polar surface area (TPSA) is 48.1 Å². The van der Waals surface area contributed by atoms with E-state index < -0.39 is 0 Å². The molecule has 0 saturated heterocycles. The van der Waals surface area contributed by atoms with Crippen LogP contribution < -0.4 is 10.5 Å². The first-order chi connectivity index (χ1) is 8.20. The Kier molecular flexibility index (Phi) is 3.28. The van der Waals surface area contributed by atoms with Crippen molar-refractivity contribution in [1.29, 1.82) is 0 Å². The summed E-state index contributed by atoms with van der Waals surface area (Å²) in [4.78, 5) is 4.45. The Morgan fingerprint density at radius 1 is 1.12 bits per heavy atom. The Labute approximate surface area is 101 Å². The second kappa shape index (κ2) is 4.87. The van der Waals surface area contributed by atoms with Gasteiger partial charge in [0.25, 0.3) is 0 Å². The molecule has 1 aromatic heterocycles. The predicted octanol–water partition coefficient (Wildman–Crippen LogP) is 3.04. The summed E-state index contributed by atoms with van der Waals surface area (Å²) in [6.45, 7) is 4.56. The van der Waals surface area contributed by atoms with Crippen LogP contribution in [0.4, 0.5) is 5.69 Å². The quantitative estimate of drug-likeness (QED) is 0.878. The Hall–Kier alpha value is -2.03. The lowest BCUT2D eigenvalue weighted by Crippen LogP contribution is -1.94. The number of hydrogen-bond acceptors (Lipinski definition) is 3. The first kappa shape index (κ1) is 11.5. The molecule has 0 amide bonds. The number of hydrogen-bond donors (Lipinski definition) is 1. The Balaban J connectivity index is 2.30. The lowest BCUT2D eigenvalue weighted by molar-refractivity contribution is 0.340. The summed E-state index contributed by atoms with van der Waals surface area (Å²) in [7, 11) is 0. The van der Waals surface area contributed by atoms with Gasteiger partial charge in [0, 0.05) is 5.56 Å². The van der Waals surface area contributed by atoms with Gasteiger partial charge in [-0.3, -0.25) is 4.98 Å². The number of pyridine rings is 1. The highest BCUT2D eigenvalue weighted by atomic mass is 16.5. The van der Waals surface area contributed by atoms with Crippen molar-refractivity contribution in [2.45, 2.75) is 13.8 Å². The van der Waals surface area contributed by atoms with Crippen molar-refractivity contribution in [3.05, 3.63) is 42.1 Å². The average Bonchev–Trinajstić information content (AvgIpc) is 2.34. The van der Waals surface area contributed by atoms with E-state index in [0.717, 1.165) is 28.4 Å². The molecule has 3 heteroatoms. The molecule has 1 heterocycles. The van der Waals surface area contributed by atoms with Gasteiger partial charge in [0.05, 0.1) is 23.7 Å². The van der Waals surface area contributed by atoms with Crippen LogP contribution in [0.3, 0.4) is 0 Å². The van der Waals surface area contributed by atoms with Crippen LogP contribution in [0.15, 0.2) is 36.4 Å². The molecular formula is C14H16N2O. The van der Waals surface area contributed by atoms with Crippen molar-refractivity contribution >= 4 is 5.69 Å². The molecular weight excluding hydrogens is 212 g/mol. The van der Waals surface area contributed by atoms with E-state index in [1.165, 1.54) is 0 Å². The van der Waals surface area contributed by atoms with Crippen LogP contribution in [-0.4, -0.2) is 11.6 Å². The van der Waals surface area contributed by atoms with Crippen LogP contribution in [0.25, 0.3) is 11.3 Å². The van der Waals surface area contributed by atoms with Crippen LogP contribution in [0.2, 0.25) is 0 Å². The highest BCUT2D eigenvalue weighted by Gasteiger charge is 2.02. The monoisotopic (exact) mass is 228 g/mol. The van der Waals surface area contributed by atoms with E-state index in [2.05, 4.69) is 4.98 Å². The number of ether oxygens (including phenoxy) is 1. The summed E-state index contributed by atoms with van der Waals surface area (Å²) in [5.74, 6) is 0.878. The molecule has 1 aromatic carbocycles. The molecule has 2 N–H and O–H groups in total. The van der Waals surface area contributed by atoms with Crippen molar-refractivity contribution in [3.63, 3.8) is 0 Å². The SMILES string of the molecule is CCOc1ccc(-c2ccc(N)c(C)n2)cc1. The van der Waals surface area contributed by atoms with E-state index in [4.69, 9.17) is 10.5 Å². The Morgan fingerprint density at radius 3 is 2.41 bits per heavy atom. The van der Waals surface area contributed by atoms with E-state index in [1.54, 1.807) is 0 Å². The van der Waals surface area contributed by atoms with Crippen molar-refractivity contribution in [3.8, 4) is 17.0 Å². The largest absolute Gasteiger partial charge is 0.494 e. The van der Waals surface area contributed by atoms with E-state index >= 15 is 0 Å². The number of benzene rings is 1. The number of aromatic nitrogens is 1.